The molecule has 21 heavy (non-hydrogen) atoms. The Morgan fingerprint density at radius 3 is 2.10 bits per heavy atom. The summed E-state index contributed by atoms with van der Waals surface area (Å²) in [5.41, 5.74) is 5.11. The molecular formula is C16H28N2O3. The number of aliphatic carboxylic acids is 1. The molecular weight excluding hydrogens is 268 g/mol. The third-order valence-corrected chi connectivity index (χ3v) is 5.52. The van der Waals surface area contributed by atoms with Gasteiger partial charge in [0.15, 0.2) is 0 Å². The van der Waals surface area contributed by atoms with Crippen molar-refractivity contribution in [3.8, 4) is 0 Å². The molecule has 2 aliphatic carbocycles. The summed E-state index contributed by atoms with van der Waals surface area (Å²) in [6, 6.07) is 0. The summed E-state index contributed by atoms with van der Waals surface area (Å²) in [7, 11) is 0. The van der Waals surface area contributed by atoms with Crippen molar-refractivity contribution in [2.24, 2.45) is 16.6 Å². The molecule has 0 saturated heterocycles. The third-order valence-electron chi connectivity index (χ3n) is 5.52. The average molecular weight is 296 g/mol. The molecule has 0 atom stereocenters. The molecule has 0 radical (unpaired) electrons. The molecule has 120 valence electrons. The molecule has 0 aromatic heterocycles. The SMILES string of the molecule is NCC1(CC(=O)NCC2(C(=O)O)CCCC2)CCCCC1. The van der Waals surface area contributed by atoms with Gasteiger partial charge in [0.2, 0.25) is 5.91 Å². The van der Waals surface area contributed by atoms with Crippen molar-refractivity contribution in [1.82, 2.24) is 5.32 Å². The van der Waals surface area contributed by atoms with Gasteiger partial charge in [-0.15, -0.1) is 0 Å². The Morgan fingerprint density at radius 1 is 1.00 bits per heavy atom. The number of amides is 1. The number of carboxylic acids is 1. The predicted octanol–water partition coefficient (Wildman–Crippen LogP) is 2.05. The van der Waals surface area contributed by atoms with Crippen molar-refractivity contribution in [3.05, 3.63) is 0 Å². The molecule has 0 spiro atoms. The molecule has 2 aliphatic rings. The van der Waals surface area contributed by atoms with Crippen molar-refractivity contribution in [3.63, 3.8) is 0 Å². The Bertz CT molecular complexity index is 383. The predicted molar refractivity (Wildman–Crippen MR) is 80.7 cm³/mol. The van der Waals surface area contributed by atoms with Crippen LogP contribution in [-0.4, -0.2) is 30.1 Å². The van der Waals surface area contributed by atoms with E-state index in [0.29, 0.717) is 25.8 Å². The van der Waals surface area contributed by atoms with Crippen molar-refractivity contribution in [1.29, 1.82) is 0 Å². The Balaban J connectivity index is 1.87. The minimum absolute atomic E-state index is 0.0325. The lowest BCUT2D eigenvalue weighted by atomic mass is 9.71. The Labute approximate surface area is 126 Å². The van der Waals surface area contributed by atoms with E-state index in [2.05, 4.69) is 5.32 Å². The van der Waals surface area contributed by atoms with Crippen LogP contribution in [0.4, 0.5) is 0 Å². The van der Waals surface area contributed by atoms with Gasteiger partial charge in [-0.05, 0) is 37.6 Å². The monoisotopic (exact) mass is 296 g/mol. The van der Waals surface area contributed by atoms with Gasteiger partial charge in [-0.2, -0.15) is 0 Å². The van der Waals surface area contributed by atoms with Gasteiger partial charge < -0.3 is 16.2 Å². The summed E-state index contributed by atoms with van der Waals surface area (Å²) in [6.45, 7) is 0.812. The zero-order valence-corrected chi connectivity index (χ0v) is 12.8. The molecule has 4 N–H and O–H groups in total. The van der Waals surface area contributed by atoms with Crippen molar-refractivity contribution in [2.75, 3.05) is 13.1 Å². The Kier molecular flexibility index (Phi) is 5.25. The summed E-state index contributed by atoms with van der Waals surface area (Å²) in [6.07, 6.45) is 9.21. The minimum atomic E-state index is -0.772. The minimum Gasteiger partial charge on any atom is -0.481 e. The fraction of sp³-hybridized carbons (Fsp3) is 0.875. The summed E-state index contributed by atoms with van der Waals surface area (Å²) in [4.78, 5) is 23.7. The normalized spacial score (nSPS) is 23.7. The van der Waals surface area contributed by atoms with Crippen LogP contribution in [0, 0.1) is 10.8 Å². The number of hydrogen-bond acceptors (Lipinski definition) is 3. The summed E-state index contributed by atoms with van der Waals surface area (Å²) < 4.78 is 0. The zero-order valence-electron chi connectivity index (χ0n) is 12.8. The fourth-order valence-electron chi connectivity index (χ4n) is 3.94. The molecule has 2 rings (SSSR count). The lowest BCUT2D eigenvalue weighted by molar-refractivity contribution is -0.148. The fourth-order valence-corrected chi connectivity index (χ4v) is 3.94. The molecule has 1 amide bonds. The van der Waals surface area contributed by atoms with E-state index in [4.69, 9.17) is 5.73 Å². The molecule has 0 aromatic carbocycles. The number of nitrogens with one attached hydrogen (secondary N) is 1. The molecule has 5 nitrogen and oxygen atoms in total. The maximum Gasteiger partial charge on any atom is 0.311 e. The van der Waals surface area contributed by atoms with E-state index in [9.17, 15) is 14.7 Å². The second-order valence-corrected chi connectivity index (χ2v) is 7.01. The van der Waals surface area contributed by atoms with Crippen LogP contribution in [0.15, 0.2) is 0 Å². The van der Waals surface area contributed by atoms with Crippen molar-refractivity contribution >= 4 is 11.9 Å². The first kappa shape index (κ1) is 16.3. The third kappa shape index (κ3) is 3.76. The van der Waals surface area contributed by atoms with Crippen LogP contribution in [0.3, 0.4) is 0 Å². The highest BCUT2D eigenvalue weighted by Crippen LogP contribution is 2.39. The van der Waals surface area contributed by atoms with Gasteiger partial charge in [0.1, 0.15) is 0 Å². The number of nitrogens with two attached hydrogens (primary N) is 1. The summed E-state index contributed by atoms with van der Waals surface area (Å²) in [5.74, 6) is -0.804. The lowest BCUT2D eigenvalue weighted by Gasteiger charge is -2.36. The second kappa shape index (κ2) is 6.77. The summed E-state index contributed by atoms with van der Waals surface area (Å²) in [5, 5.41) is 12.3. The van der Waals surface area contributed by atoms with Crippen LogP contribution in [0.1, 0.15) is 64.2 Å². The number of carbonyl (C=O) groups excluding carboxylic acids is 1. The van der Waals surface area contributed by atoms with Crippen LogP contribution in [-0.2, 0) is 9.59 Å². The zero-order chi connectivity index (χ0) is 15.3. The maximum atomic E-state index is 12.2. The van der Waals surface area contributed by atoms with Gasteiger partial charge in [0.25, 0.3) is 0 Å². The number of carboxylic acid groups (broad SMARTS) is 1. The van der Waals surface area contributed by atoms with E-state index in [-0.39, 0.29) is 17.9 Å². The highest BCUT2D eigenvalue weighted by Gasteiger charge is 2.42. The first-order valence-corrected chi connectivity index (χ1v) is 8.22. The van der Waals surface area contributed by atoms with E-state index in [1.54, 1.807) is 0 Å². The largest absolute Gasteiger partial charge is 0.481 e. The topological polar surface area (TPSA) is 92.4 Å². The van der Waals surface area contributed by atoms with Gasteiger partial charge in [0, 0.05) is 13.0 Å². The smallest absolute Gasteiger partial charge is 0.311 e. The summed E-state index contributed by atoms with van der Waals surface area (Å²) >= 11 is 0. The number of hydrogen-bond donors (Lipinski definition) is 3. The molecule has 0 unspecified atom stereocenters. The molecule has 0 bridgehead atoms. The van der Waals surface area contributed by atoms with Crippen LogP contribution >= 0.6 is 0 Å². The Morgan fingerprint density at radius 2 is 1.57 bits per heavy atom. The van der Waals surface area contributed by atoms with Crippen LogP contribution in [0.2, 0.25) is 0 Å². The Hall–Kier alpha value is -1.10. The number of rotatable bonds is 6. The van der Waals surface area contributed by atoms with E-state index in [0.717, 1.165) is 38.5 Å². The van der Waals surface area contributed by atoms with Crippen molar-refractivity contribution in [2.45, 2.75) is 64.2 Å². The van der Waals surface area contributed by atoms with E-state index >= 15 is 0 Å². The van der Waals surface area contributed by atoms with E-state index in [1.165, 1.54) is 6.42 Å². The van der Waals surface area contributed by atoms with Crippen LogP contribution in [0.25, 0.3) is 0 Å². The van der Waals surface area contributed by atoms with Gasteiger partial charge in [-0.25, -0.2) is 0 Å². The first-order valence-electron chi connectivity index (χ1n) is 8.22. The second-order valence-electron chi connectivity index (χ2n) is 7.01. The van der Waals surface area contributed by atoms with Gasteiger partial charge in [-0.3, -0.25) is 9.59 Å². The lowest BCUT2D eigenvalue weighted by Crippen LogP contribution is -2.44. The molecule has 0 heterocycles. The molecule has 0 aromatic rings. The van der Waals surface area contributed by atoms with E-state index < -0.39 is 11.4 Å². The average Bonchev–Trinajstić information content (AvgIpc) is 2.96. The van der Waals surface area contributed by atoms with Crippen molar-refractivity contribution < 1.29 is 14.7 Å². The van der Waals surface area contributed by atoms with Crippen LogP contribution < -0.4 is 11.1 Å². The highest BCUT2D eigenvalue weighted by atomic mass is 16.4. The molecule has 5 heteroatoms. The van der Waals surface area contributed by atoms with Gasteiger partial charge in [0.05, 0.1) is 5.41 Å². The van der Waals surface area contributed by atoms with Gasteiger partial charge in [-0.1, -0.05) is 32.1 Å². The maximum absolute atomic E-state index is 12.2. The number of carbonyl (C=O) groups is 2. The van der Waals surface area contributed by atoms with Gasteiger partial charge >= 0.3 is 5.97 Å². The standard InChI is InChI=1S/C16H28N2O3/c17-11-15(6-2-1-3-7-15)10-13(19)18-12-16(14(20)21)8-4-5-9-16/h1-12,17H2,(H,18,19)(H,20,21). The van der Waals surface area contributed by atoms with Crippen LogP contribution in [0.5, 0.6) is 0 Å². The quantitative estimate of drug-likeness (QED) is 0.699. The molecule has 2 saturated carbocycles. The molecule has 2 fully saturated rings. The molecule has 0 aliphatic heterocycles. The first-order chi connectivity index (χ1) is 10.0. The van der Waals surface area contributed by atoms with E-state index in [1.807, 2.05) is 0 Å². The highest BCUT2D eigenvalue weighted by molar-refractivity contribution is 5.79.